The van der Waals surface area contributed by atoms with Crippen molar-refractivity contribution in [2.75, 3.05) is 12.4 Å². The lowest BCUT2D eigenvalue weighted by Gasteiger charge is -2.24. The zero-order valence-electron chi connectivity index (χ0n) is 14.4. The number of aryl methyl sites for hydroxylation is 1. The van der Waals surface area contributed by atoms with Gasteiger partial charge < -0.3 is 5.32 Å². The number of nitrogens with zero attached hydrogens (tertiary/aromatic N) is 2. The Labute approximate surface area is 143 Å². The van der Waals surface area contributed by atoms with Gasteiger partial charge in [-0.25, -0.2) is 0 Å². The van der Waals surface area contributed by atoms with Crippen LogP contribution in [0.2, 0.25) is 0 Å². The molecule has 0 aliphatic heterocycles. The second kappa shape index (κ2) is 8.28. The summed E-state index contributed by atoms with van der Waals surface area (Å²) in [4.78, 5) is 14.4. The maximum atomic E-state index is 12.4. The Hall–Kier alpha value is -2.64. The number of hydrogen-bond donors (Lipinski definition) is 1. The standard InChI is InChI=1S/C20H23N3O/c1-4-16-5-7-18(8-6-16)14-23(3)15(2)20(24)22-19-11-9-17(13-21)10-12-19/h5-12,15H,4,14H2,1-3H3,(H,22,24). The number of carbonyl (C=O) groups excluding carboxylic acids is 1. The van der Waals surface area contributed by atoms with Crippen LogP contribution in [0.3, 0.4) is 0 Å². The van der Waals surface area contributed by atoms with E-state index in [2.05, 4.69) is 42.6 Å². The minimum absolute atomic E-state index is 0.0626. The van der Waals surface area contributed by atoms with Gasteiger partial charge in [0.05, 0.1) is 17.7 Å². The van der Waals surface area contributed by atoms with Crippen LogP contribution in [-0.2, 0) is 17.8 Å². The Morgan fingerprint density at radius 3 is 2.25 bits per heavy atom. The summed E-state index contributed by atoms with van der Waals surface area (Å²) in [5.41, 5.74) is 3.78. The molecule has 0 aliphatic carbocycles. The van der Waals surface area contributed by atoms with Gasteiger partial charge in [-0.2, -0.15) is 5.26 Å². The zero-order valence-corrected chi connectivity index (χ0v) is 14.4. The SMILES string of the molecule is CCc1ccc(CN(C)C(C)C(=O)Nc2ccc(C#N)cc2)cc1. The molecule has 0 aliphatic rings. The minimum atomic E-state index is -0.258. The monoisotopic (exact) mass is 321 g/mol. The quantitative estimate of drug-likeness (QED) is 0.885. The fourth-order valence-electron chi connectivity index (χ4n) is 2.38. The van der Waals surface area contributed by atoms with E-state index >= 15 is 0 Å². The third-order valence-corrected chi connectivity index (χ3v) is 4.19. The lowest BCUT2D eigenvalue weighted by molar-refractivity contribution is -0.120. The molecule has 1 N–H and O–H groups in total. The van der Waals surface area contributed by atoms with Crippen LogP contribution in [0.15, 0.2) is 48.5 Å². The van der Waals surface area contributed by atoms with Crippen LogP contribution in [0.4, 0.5) is 5.69 Å². The van der Waals surface area contributed by atoms with Gasteiger partial charge >= 0.3 is 0 Å². The number of nitrogens with one attached hydrogen (secondary N) is 1. The van der Waals surface area contributed by atoms with Crippen LogP contribution in [0.5, 0.6) is 0 Å². The average molecular weight is 321 g/mol. The van der Waals surface area contributed by atoms with Gasteiger partial charge in [0.25, 0.3) is 0 Å². The summed E-state index contributed by atoms with van der Waals surface area (Å²) < 4.78 is 0. The number of likely N-dealkylation sites (N-methyl/N-ethyl adjacent to an activating group) is 1. The number of benzene rings is 2. The molecule has 0 bridgehead atoms. The summed E-state index contributed by atoms with van der Waals surface area (Å²) >= 11 is 0. The van der Waals surface area contributed by atoms with E-state index in [1.165, 1.54) is 11.1 Å². The van der Waals surface area contributed by atoms with Crippen LogP contribution in [0.1, 0.15) is 30.5 Å². The highest BCUT2D eigenvalue weighted by Gasteiger charge is 2.18. The van der Waals surface area contributed by atoms with E-state index in [9.17, 15) is 4.79 Å². The third-order valence-electron chi connectivity index (χ3n) is 4.19. The van der Waals surface area contributed by atoms with Crippen molar-refractivity contribution in [1.82, 2.24) is 4.90 Å². The molecule has 24 heavy (non-hydrogen) atoms. The molecule has 0 heterocycles. The summed E-state index contributed by atoms with van der Waals surface area (Å²) in [5.74, 6) is -0.0626. The molecule has 4 heteroatoms. The van der Waals surface area contributed by atoms with Crippen molar-refractivity contribution in [1.29, 1.82) is 5.26 Å². The van der Waals surface area contributed by atoms with Crippen LogP contribution >= 0.6 is 0 Å². The van der Waals surface area contributed by atoms with E-state index in [4.69, 9.17) is 5.26 Å². The number of hydrogen-bond acceptors (Lipinski definition) is 3. The second-order valence-electron chi connectivity index (χ2n) is 5.94. The van der Waals surface area contributed by atoms with E-state index in [1.54, 1.807) is 24.3 Å². The molecule has 0 saturated heterocycles. The summed E-state index contributed by atoms with van der Waals surface area (Å²) in [7, 11) is 1.94. The number of anilines is 1. The van der Waals surface area contributed by atoms with Gasteiger partial charge in [-0.05, 0) is 55.8 Å². The number of nitriles is 1. The van der Waals surface area contributed by atoms with E-state index in [0.29, 0.717) is 17.8 Å². The van der Waals surface area contributed by atoms with E-state index < -0.39 is 0 Å². The molecule has 0 spiro atoms. The van der Waals surface area contributed by atoms with Crippen molar-refractivity contribution in [3.05, 3.63) is 65.2 Å². The van der Waals surface area contributed by atoms with Gasteiger partial charge in [-0.3, -0.25) is 9.69 Å². The Kier molecular flexibility index (Phi) is 6.11. The first-order chi connectivity index (χ1) is 11.5. The predicted molar refractivity (Wildman–Crippen MR) is 96.5 cm³/mol. The van der Waals surface area contributed by atoms with Crippen molar-refractivity contribution in [2.45, 2.75) is 32.9 Å². The van der Waals surface area contributed by atoms with Crippen molar-refractivity contribution in [3.8, 4) is 6.07 Å². The first-order valence-corrected chi connectivity index (χ1v) is 8.12. The average Bonchev–Trinajstić information content (AvgIpc) is 2.62. The molecule has 0 aromatic heterocycles. The molecule has 1 amide bonds. The number of carbonyl (C=O) groups is 1. The molecular formula is C20H23N3O. The number of amides is 1. The molecule has 1 unspecified atom stereocenters. The summed E-state index contributed by atoms with van der Waals surface area (Å²) in [5, 5.41) is 11.7. The van der Waals surface area contributed by atoms with Gasteiger partial charge in [-0.1, -0.05) is 31.2 Å². The normalized spacial score (nSPS) is 11.8. The minimum Gasteiger partial charge on any atom is -0.325 e. The molecule has 2 rings (SSSR count). The number of rotatable bonds is 6. The van der Waals surface area contributed by atoms with Gasteiger partial charge in [0.1, 0.15) is 0 Å². The summed E-state index contributed by atoms with van der Waals surface area (Å²) in [6, 6.07) is 17.2. The van der Waals surface area contributed by atoms with Gasteiger partial charge in [0.2, 0.25) is 5.91 Å². The van der Waals surface area contributed by atoms with Crippen LogP contribution in [-0.4, -0.2) is 23.9 Å². The molecule has 124 valence electrons. The zero-order chi connectivity index (χ0) is 17.5. The van der Waals surface area contributed by atoms with Gasteiger partial charge in [0, 0.05) is 12.2 Å². The summed E-state index contributed by atoms with van der Waals surface area (Å²) in [6.45, 7) is 4.74. The molecule has 4 nitrogen and oxygen atoms in total. The first kappa shape index (κ1) is 17.7. The summed E-state index contributed by atoms with van der Waals surface area (Å²) in [6.07, 6.45) is 1.03. The fourth-order valence-corrected chi connectivity index (χ4v) is 2.38. The van der Waals surface area contributed by atoms with Crippen molar-refractivity contribution in [2.24, 2.45) is 0 Å². The highest BCUT2D eigenvalue weighted by Crippen LogP contribution is 2.12. The Balaban J connectivity index is 1.94. The maximum absolute atomic E-state index is 12.4. The Bertz CT molecular complexity index is 714. The van der Waals surface area contributed by atoms with Gasteiger partial charge in [0.15, 0.2) is 0 Å². The molecule has 0 saturated carbocycles. The predicted octanol–water partition coefficient (Wildman–Crippen LogP) is 3.58. The van der Waals surface area contributed by atoms with Crippen molar-refractivity contribution in [3.63, 3.8) is 0 Å². The second-order valence-corrected chi connectivity index (χ2v) is 5.94. The molecular weight excluding hydrogens is 298 g/mol. The van der Waals surface area contributed by atoms with Crippen molar-refractivity contribution >= 4 is 11.6 Å². The largest absolute Gasteiger partial charge is 0.325 e. The molecule has 2 aromatic rings. The fraction of sp³-hybridized carbons (Fsp3) is 0.300. The van der Waals surface area contributed by atoms with Crippen LogP contribution in [0, 0.1) is 11.3 Å². The maximum Gasteiger partial charge on any atom is 0.241 e. The Morgan fingerprint density at radius 2 is 1.71 bits per heavy atom. The van der Waals surface area contributed by atoms with E-state index in [-0.39, 0.29) is 11.9 Å². The van der Waals surface area contributed by atoms with Gasteiger partial charge in [-0.15, -0.1) is 0 Å². The first-order valence-electron chi connectivity index (χ1n) is 8.12. The Morgan fingerprint density at radius 1 is 1.12 bits per heavy atom. The highest BCUT2D eigenvalue weighted by molar-refractivity contribution is 5.94. The van der Waals surface area contributed by atoms with E-state index in [0.717, 1.165) is 6.42 Å². The molecule has 1 atom stereocenters. The molecule has 0 fully saturated rings. The lowest BCUT2D eigenvalue weighted by Crippen LogP contribution is -2.39. The molecule has 0 radical (unpaired) electrons. The van der Waals surface area contributed by atoms with Crippen molar-refractivity contribution < 1.29 is 4.79 Å². The third kappa shape index (κ3) is 4.68. The topological polar surface area (TPSA) is 56.1 Å². The molecule has 2 aromatic carbocycles. The van der Waals surface area contributed by atoms with Crippen LogP contribution in [0.25, 0.3) is 0 Å². The lowest BCUT2D eigenvalue weighted by atomic mass is 10.1. The smallest absolute Gasteiger partial charge is 0.241 e. The highest BCUT2D eigenvalue weighted by atomic mass is 16.2. The van der Waals surface area contributed by atoms with Crippen LogP contribution < -0.4 is 5.32 Å². The van der Waals surface area contributed by atoms with E-state index in [1.807, 2.05) is 18.9 Å².